The molecular formula is C19H19ClN2O5. The molecule has 8 heteroatoms. The van der Waals surface area contributed by atoms with Crippen LogP contribution in [-0.2, 0) is 9.59 Å². The minimum atomic E-state index is -0.669. The molecule has 0 saturated heterocycles. The van der Waals surface area contributed by atoms with Gasteiger partial charge in [0.05, 0.1) is 30.6 Å². The Bertz CT molecular complexity index is 886. The summed E-state index contributed by atoms with van der Waals surface area (Å²) in [7, 11) is 2.95. The second kappa shape index (κ2) is 7.75. The van der Waals surface area contributed by atoms with Crippen molar-refractivity contribution >= 4 is 34.8 Å². The van der Waals surface area contributed by atoms with Crippen LogP contribution < -0.4 is 24.4 Å². The summed E-state index contributed by atoms with van der Waals surface area (Å²) in [5.41, 5.74) is 0.946. The molecule has 142 valence electrons. The molecule has 1 heterocycles. The average Bonchev–Trinajstić information content (AvgIpc) is 2.66. The molecule has 7 nitrogen and oxygen atoms in total. The highest BCUT2D eigenvalue weighted by Crippen LogP contribution is 2.36. The number of hydrogen-bond donors (Lipinski definition) is 1. The van der Waals surface area contributed by atoms with Crippen LogP contribution in [-0.4, -0.2) is 38.7 Å². The number of amides is 2. The Morgan fingerprint density at radius 2 is 1.93 bits per heavy atom. The number of para-hydroxylation sites is 2. The first kappa shape index (κ1) is 18.8. The van der Waals surface area contributed by atoms with Crippen LogP contribution in [0.4, 0.5) is 11.4 Å². The summed E-state index contributed by atoms with van der Waals surface area (Å²) in [6, 6.07) is 10.2. The van der Waals surface area contributed by atoms with E-state index in [-0.39, 0.29) is 12.5 Å². The summed E-state index contributed by atoms with van der Waals surface area (Å²) < 4.78 is 16.0. The largest absolute Gasteiger partial charge is 0.495 e. The van der Waals surface area contributed by atoms with E-state index in [4.69, 9.17) is 25.8 Å². The number of nitrogens with zero attached hydrogens (tertiary/aromatic N) is 1. The van der Waals surface area contributed by atoms with E-state index in [2.05, 4.69) is 5.32 Å². The van der Waals surface area contributed by atoms with Gasteiger partial charge in [0.25, 0.3) is 5.91 Å². The van der Waals surface area contributed by atoms with Gasteiger partial charge in [-0.05, 0) is 19.1 Å². The maximum absolute atomic E-state index is 12.6. The molecule has 2 aromatic rings. The van der Waals surface area contributed by atoms with Crippen LogP contribution in [0.5, 0.6) is 17.2 Å². The lowest BCUT2D eigenvalue weighted by Gasteiger charge is -2.32. The molecule has 27 heavy (non-hydrogen) atoms. The van der Waals surface area contributed by atoms with Crippen molar-refractivity contribution in [2.45, 2.75) is 13.0 Å². The lowest BCUT2D eigenvalue weighted by Crippen LogP contribution is -2.47. The van der Waals surface area contributed by atoms with Crippen molar-refractivity contribution in [1.29, 1.82) is 0 Å². The van der Waals surface area contributed by atoms with E-state index in [0.717, 1.165) is 0 Å². The molecule has 0 aromatic heterocycles. The zero-order valence-electron chi connectivity index (χ0n) is 15.1. The molecule has 2 aromatic carbocycles. The Morgan fingerprint density at radius 1 is 1.22 bits per heavy atom. The predicted molar refractivity (Wildman–Crippen MR) is 102 cm³/mol. The fourth-order valence-electron chi connectivity index (χ4n) is 2.81. The number of hydrogen-bond acceptors (Lipinski definition) is 5. The van der Waals surface area contributed by atoms with Crippen LogP contribution in [0, 0.1) is 0 Å². The first-order valence-electron chi connectivity index (χ1n) is 8.23. The molecule has 1 atom stereocenters. The Balaban J connectivity index is 1.83. The number of carbonyl (C=O) groups excluding carboxylic acids is 2. The number of carbonyl (C=O) groups is 2. The summed E-state index contributed by atoms with van der Waals surface area (Å²) >= 11 is 6.08. The fourth-order valence-corrected chi connectivity index (χ4v) is 3.04. The molecule has 1 aliphatic rings. The summed E-state index contributed by atoms with van der Waals surface area (Å²) in [5.74, 6) is 0.660. The highest BCUT2D eigenvalue weighted by atomic mass is 35.5. The van der Waals surface area contributed by atoms with Crippen LogP contribution in [0.15, 0.2) is 36.4 Å². The number of halogens is 1. The molecule has 0 aliphatic carbocycles. The molecule has 0 spiro atoms. The summed E-state index contributed by atoms with van der Waals surface area (Å²) in [4.78, 5) is 26.5. The van der Waals surface area contributed by atoms with Gasteiger partial charge in [0.2, 0.25) is 5.91 Å². The Hall–Kier alpha value is -2.93. The Kier molecular flexibility index (Phi) is 5.41. The number of methoxy groups -OCH3 is 2. The number of rotatable bonds is 5. The predicted octanol–water partition coefficient (Wildman–Crippen LogP) is 3.11. The highest BCUT2D eigenvalue weighted by molar-refractivity contribution is 6.32. The number of anilines is 2. The van der Waals surface area contributed by atoms with Crippen molar-refractivity contribution in [1.82, 2.24) is 0 Å². The first-order chi connectivity index (χ1) is 12.9. The first-order valence-corrected chi connectivity index (χ1v) is 8.60. The van der Waals surface area contributed by atoms with Gasteiger partial charge in [-0.15, -0.1) is 0 Å². The van der Waals surface area contributed by atoms with Gasteiger partial charge in [0, 0.05) is 12.1 Å². The lowest BCUT2D eigenvalue weighted by molar-refractivity contribution is -0.127. The van der Waals surface area contributed by atoms with E-state index in [1.54, 1.807) is 37.3 Å². The maximum atomic E-state index is 12.6. The van der Waals surface area contributed by atoms with E-state index in [0.29, 0.717) is 33.6 Å². The molecule has 0 bridgehead atoms. The second-order valence-electron chi connectivity index (χ2n) is 5.89. The van der Waals surface area contributed by atoms with Gasteiger partial charge in [0.1, 0.15) is 23.8 Å². The second-order valence-corrected chi connectivity index (χ2v) is 6.29. The van der Waals surface area contributed by atoms with Gasteiger partial charge in [-0.25, -0.2) is 0 Å². The number of fused-ring (bicyclic) bond motifs is 1. The monoisotopic (exact) mass is 390 g/mol. The van der Waals surface area contributed by atoms with E-state index in [1.807, 2.05) is 6.07 Å². The standard InChI is InChI=1S/C19H19ClN2O5/c1-11-19(24)22(14-6-4-5-7-15(14)27-11)10-18(23)21-13-9-16(25-2)12(20)8-17(13)26-3/h4-9,11H,10H2,1-3H3,(H,21,23)/t11-/m0/s1. The van der Waals surface area contributed by atoms with Crippen molar-refractivity contribution in [2.75, 3.05) is 31.0 Å². The van der Waals surface area contributed by atoms with Crippen LogP contribution in [0.2, 0.25) is 5.02 Å². The van der Waals surface area contributed by atoms with Gasteiger partial charge < -0.3 is 19.5 Å². The topological polar surface area (TPSA) is 77.1 Å². The van der Waals surface area contributed by atoms with Crippen molar-refractivity contribution < 1.29 is 23.8 Å². The molecule has 0 saturated carbocycles. The molecule has 1 N–H and O–H groups in total. The summed E-state index contributed by atoms with van der Waals surface area (Å²) in [6.07, 6.45) is -0.669. The van der Waals surface area contributed by atoms with Crippen molar-refractivity contribution in [3.8, 4) is 17.2 Å². The van der Waals surface area contributed by atoms with Gasteiger partial charge in [0.15, 0.2) is 6.10 Å². The molecule has 3 rings (SSSR count). The maximum Gasteiger partial charge on any atom is 0.268 e. The van der Waals surface area contributed by atoms with E-state index in [1.165, 1.54) is 19.1 Å². The smallest absolute Gasteiger partial charge is 0.268 e. The molecule has 1 aliphatic heterocycles. The molecule has 2 amide bonds. The van der Waals surface area contributed by atoms with E-state index >= 15 is 0 Å². The zero-order chi connectivity index (χ0) is 19.6. The van der Waals surface area contributed by atoms with Crippen LogP contribution in [0.1, 0.15) is 6.92 Å². The van der Waals surface area contributed by atoms with Crippen molar-refractivity contribution in [2.24, 2.45) is 0 Å². The van der Waals surface area contributed by atoms with Gasteiger partial charge in [-0.3, -0.25) is 14.5 Å². The summed E-state index contributed by atoms with van der Waals surface area (Å²) in [5, 5.41) is 3.10. The minimum Gasteiger partial charge on any atom is -0.495 e. The van der Waals surface area contributed by atoms with E-state index in [9.17, 15) is 9.59 Å². The molecule has 0 fully saturated rings. The molecule has 0 unspecified atom stereocenters. The van der Waals surface area contributed by atoms with Crippen LogP contribution in [0.25, 0.3) is 0 Å². The van der Waals surface area contributed by atoms with Crippen molar-refractivity contribution in [3.05, 3.63) is 41.4 Å². The third kappa shape index (κ3) is 3.78. The SMILES string of the molecule is COc1cc(NC(=O)CN2C(=O)[C@H](C)Oc3ccccc32)c(OC)cc1Cl. The highest BCUT2D eigenvalue weighted by Gasteiger charge is 2.32. The van der Waals surface area contributed by atoms with Gasteiger partial charge in [-0.1, -0.05) is 23.7 Å². The van der Waals surface area contributed by atoms with E-state index < -0.39 is 12.0 Å². The lowest BCUT2D eigenvalue weighted by atomic mass is 10.2. The minimum absolute atomic E-state index is 0.169. The van der Waals surface area contributed by atoms with Gasteiger partial charge >= 0.3 is 0 Å². The summed E-state index contributed by atoms with van der Waals surface area (Å²) in [6.45, 7) is 1.48. The number of benzene rings is 2. The Labute approximate surface area is 161 Å². The molecular weight excluding hydrogens is 372 g/mol. The average molecular weight is 391 g/mol. The molecule has 0 radical (unpaired) electrons. The third-order valence-corrected chi connectivity index (χ3v) is 4.42. The van der Waals surface area contributed by atoms with Gasteiger partial charge in [-0.2, -0.15) is 0 Å². The number of ether oxygens (including phenoxy) is 3. The zero-order valence-corrected chi connectivity index (χ0v) is 15.9. The normalized spacial score (nSPS) is 15.6. The van der Waals surface area contributed by atoms with Crippen LogP contribution >= 0.6 is 11.6 Å². The number of nitrogens with one attached hydrogen (secondary N) is 1. The third-order valence-electron chi connectivity index (χ3n) is 4.12. The quantitative estimate of drug-likeness (QED) is 0.848. The fraction of sp³-hybridized carbons (Fsp3) is 0.263. The van der Waals surface area contributed by atoms with Crippen LogP contribution in [0.3, 0.4) is 0 Å². The van der Waals surface area contributed by atoms with Crippen molar-refractivity contribution in [3.63, 3.8) is 0 Å². The Morgan fingerprint density at radius 3 is 2.63 bits per heavy atom.